The third-order valence-corrected chi connectivity index (χ3v) is 3.80. The van der Waals surface area contributed by atoms with Crippen LogP contribution in [0.5, 0.6) is 0 Å². The first-order valence-corrected chi connectivity index (χ1v) is 5.89. The molecule has 1 saturated carbocycles. The van der Waals surface area contributed by atoms with Gasteiger partial charge in [0.2, 0.25) is 0 Å². The highest BCUT2D eigenvalue weighted by Crippen LogP contribution is 2.36. The quantitative estimate of drug-likeness (QED) is 0.676. The molecule has 1 saturated heterocycles. The van der Waals surface area contributed by atoms with Crippen LogP contribution in [0.15, 0.2) is 0 Å². The summed E-state index contributed by atoms with van der Waals surface area (Å²) in [5, 5.41) is 3.33. The minimum atomic E-state index is -0.962. The molecule has 1 aliphatic heterocycles. The van der Waals surface area contributed by atoms with Crippen LogP contribution in [-0.2, 0) is 0 Å². The van der Waals surface area contributed by atoms with Crippen LogP contribution in [-0.4, -0.2) is 24.3 Å². The van der Waals surface area contributed by atoms with Gasteiger partial charge in [0.25, 0.3) is 0 Å². The van der Waals surface area contributed by atoms with Crippen molar-refractivity contribution in [1.82, 2.24) is 5.32 Å². The lowest BCUT2D eigenvalue weighted by Crippen LogP contribution is -2.52. The first-order valence-electron chi connectivity index (χ1n) is 5.89. The second-order valence-electron chi connectivity index (χ2n) is 4.87. The van der Waals surface area contributed by atoms with Gasteiger partial charge < -0.3 is 11.1 Å². The van der Waals surface area contributed by atoms with Crippen LogP contribution in [0.1, 0.15) is 44.9 Å². The summed E-state index contributed by atoms with van der Waals surface area (Å²) in [5.74, 6) is 0. The van der Waals surface area contributed by atoms with Gasteiger partial charge in [0.1, 0.15) is 5.67 Å². The highest BCUT2D eigenvalue weighted by molar-refractivity contribution is 4.97. The molecule has 14 heavy (non-hydrogen) atoms. The Morgan fingerprint density at radius 2 is 1.86 bits per heavy atom. The zero-order valence-electron chi connectivity index (χ0n) is 8.77. The molecule has 0 aromatic carbocycles. The number of nitrogens with two attached hydrogens (primary N) is 1. The van der Waals surface area contributed by atoms with Crippen molar-refractivity contribution in [3.8, 4) is 0 Å². The van der Waals surface area contributed by atoms with Crippen LogP contribution < -0.4 is 11.1 Å². The lowest BCUT2D eigenvalue weighted by molar-refractivity contribution is 0.0430. The summed E-state index contributed by atoms with van der Waals surface area (Å²) >= 11 is 0. The highest BCUT2D eigenvalue weighted by atomic mass is 19.1. The summed E-state index contributed by atoms with van der Waals surface area (Å²) in [6.07, 6.45) is 6.41. The lowest BCUT2D eigenvalue weighted by atomic mass is 9.77. The van der Waals surface area contributed by atoms with Crippen molar-refractivity contribution in [2.24, 2.45) is 5.73 Å². The molecule has 2 rings (SSSR count). The molecule has 2 nitrogen and oxygen atoms in total. The first-order chi connectivity index (χ1) is 6.71. The van der Waals surface area contributed by atoms with E-state index in [4.69, 9.17) is 5.73 Å². The Morgan fingerprint density at radius 1 is 1.14 bits per heavy atom. The molecule has 0 aromatic heterocycles. The van der Waals surface area contributed by atoms with Crippen LogP contribution in [0.3, 0.4) is 0 Å². The fraction of sp³-hybridized carbons (Fsp3) is 1.00. The minimum absolute atomic E-state index is 0.101. The molecule has 0 spiro atoms. The highest BCUT2D eigenvalue weighted by Gasteiger charge is 2.41. The average Bonchev–Trinajstić information content (AvgIpc) is 2.24. The largest absolute Gasteiger partial charge is 0.328 e. The molecule has 2 fully saturated rings. The third kappa shape index (κ3) is 2.09. The van der Waals surface area contributed by atoms with Crippen LogP contribution >= 0.6 is 0 Å². The van der Waals surface area contributed by atoms with E-state index in [0.717, 1.165) is 25.8 Å². The van der Waals surface area contributed by atoms with E-state index in [2.05, 4.69) is 5.32 Å². The summed E-state index contributed by atoms with van der Waals surface area (Å²) in [4.78, 5) is 0. The molecular weight excluding hydrogens is 179 g/mol. The van der Waals surface area contributed by atoms with Crippen molar-refractivity contribution in [2.45, 2.75) is 62.7 Å². The molecule has 3 N–H and O–H groups in total. The second kappa shape index (κ2) is 4.15. The Hall–Kier alpha value is -0.150. The van der Waals surface area contributed by atoms with Crippen molar-refractivity contribution in [1.29, 1.82) is 0 Å². The summed E-state index contributed by atoms with van der Waals surface area (Å²) in [6.45, 7) is 0.988. The van der Waals surface area contributed by atoms with E-state index in [1.165, 1.54) is 12.8 Å². The summed E-state index contributed by atoms with van der Waals surface area (Å²) in [5.41, 5.74) is 4.84. The molecule has 2 aliphatic rings. The van der Waals surface area contributed by atoms with E-state index >= 15 is 0 Å². The second-order valence-corrected chi connectivity index (χ2v) is 4.87. The van der Waals surface area contributed by atoms with Crippen LogP contribution in [0.4, 0.5) is 4.39 Å². The van der Waals surface area contributed by atoms with Gasteiger partial charge in [-0.3, -0.25) is 0 Å². The molecule has 1 aliphatic carbocycles. The lowest BCUT2D eigenvalue weighted by Gasteiger charge is -2.40. The van der Waals surface area contributed by atoms with Gasteiger partial charge in [-0.1, -0.05) is 6.42 Å². The van der Waals surface area contributed by atoms with E-state index in [0.29, 0.717) is 12.8 Å². The predicted octanol–water partition coefficient (Wildman–Crippen LogP) is 1.74. The van der Waals surface area contributed by atoms with Crippen LogP contribution in [0.2, 0.25) is 0 Å². The first kappa shape index (κ1) is 10.4. The predicted molar refractivity (Wildman–Crippen MR) is 55.9 cm³/mol. The van der Waals surface area contributed by atoms with Gasteiger partial charge in [0.05, 0.1) is 0 Å². The Kier molecular flexibility index (Phi) is 3.07. The van der Waals surface area contributed by atoms with Crippen LogP contribution in [0, 0.1) is 0 Å². The molecule has 1 atom stereocenters. The van der Waals surface area contributed by atoms with Crippen molar-refractivity contribution in [2.75, 3.05) is 6.54 Å². The number of halogens is 1. The zero-order chi connectivity index (χ0) is 10.0. The topological polar surface area (TPSA) is 38.0 Å². The Morgan fingerprint density at radius 3 is 2.43 bits per heavy atom. The molecule has 0 radical (unpaired) electrons. The van der Waals surface area contributed by atoms with Gasteiger partial charge in [0, 0.05) is 12.1 Å². The molecule has 0 bridgehead atoms. The van der Waals surface area contributed by atoms with Gasteiger partial charge in [-0.15, -0.1) is 0 Å². The molecule has 1 heterocycles. The van der Waals surface area contributed by atoms with Crippen molar-refractivity contribution in [3.63, 3.8) is 0 Å². The van der Waals surface area contributed by atoms with Crippen molar-refractivity contribution < 1.29 is 4.39 Å². The SMILES string of the molecule is NC1CCC(F)(C2CCCCN2)CC1. The smallest absolute Gasteiger partial charge is 0.126 e. The van der Waals surface area contributed by atoms with Crippen molar-refractivity contribution >= 4 is 0 Å². The number of hydrogen-bond acceptors (Lipinski definition) is 2. The fourth-order valence-corrected chi connectivity index (χ4v) is 2.76. The van der Waals surface area contributed by atoms with E-state index in [-0.39, 0.29) is 12.1 Å². The number of hydrogen-bond donors (Lipinski definition) is 2. The van der Waals surface area contributed by atoms with E-state index in [1.807, 2.05) is 0 Å². The molecule has 82 valence electrons. The van der Waals surface area contributed by atoms with E-state index < -0.39 is 5.67 Å². The van der Waals surface area contributed by atoms with Gasteiger partial charge in [-0.05, 0) is 45.1 Å². The normalized spacial score (nSPS) is 45.0. The molecule has 3 heteroatoms. The zero-order valence-corrected chi connectivity index (χ0v) is 8.77. The fourth-order valence-electron chi connectivity index (χ4n) is 2.76. The Balaban J connectivity index is 1.93. The molecule has 1 unspecified atom stereocenters. The average molecular weight is 200 g/mol. The number of piperidine rings is 1. The molecule has 0 amide bonds. The molecule has 0 aromatic rings. The van der Waals surface area contributed by atoms with Gasteiger partial charge in [-0.25, -0.2) is 4.39 Å². The van der Waals surface area contributed by atoms with Crippen molar-refractivity contribution in [3.05, 3.63) is 0 Å². The summed E-state index contributed by atoms with van der Waals surface area (Å²) < 4.78 is 14.5. The number of alkyl halides is 1. The maximum absolute atomic E-state index is 14.5. The standard InChI is InChI=1S/C11H21FN2/c12-11(6-4-9(13)5-7-11)10-3-1-2-8-14-10/h9-10,14H,1-8,13H2. The van der Waals surface area contributed by atoms with E-state index in [9.17, 15) is 4.39 Å². The van der Waals surface area contributed by atoms with Gasteiger partial charge in [-0.2, -0.15) is 0 Å². The van der Waals surface area contributed by atoms with Gasteiger partial charge in [0.15, 0.2) is 0 Å². The maximum atomic E-state index is 14.5. The third-order valence-electron chi connectivity index (χ3n) is 3.80. The maximum Gasteiger partial charge on any atom is 0.126 e. The number of rotatable bonds is 1. The van der Waals surface area contributed by atoms with Crippen LogP contribution in [0.25, 0.3) is 0 Å². The summed E-state index contributed by atoms with van der Waals surface area (Å²) in [7, 11) is 0. The Bertz CT molecular complexity index is 182. The number of nitrogens with one attached hydrogen (secondary N) is 1. The van der Waals surface area contributed by atoms with E-state index in [1.54, 1.807) is 0 Å². The minimum Gasteiger partial charge on any atom is -0.328 e. The van der Waals surface area contributed by atoms with Gasteiger partial charge >= 0.3 is 0 Å². The summed E-state index contributed by atoms with van der Waals surface area (Å²) in [6, 6.07) is 0.339. The Labute approximate surface area is 85.4 Å². The molecular formula is C11H21FN2. The monoisotopic (exact) mass is 200 g/mol.